The number of likely N-dealkylation sites (N-methyl/N-ethyl adjacent to an activating group) is 1. The third kappa shape index (κ3) is 7.81. The minimum Gasteiger partial charge on any atom is -0.313 e. The van der Waals surface area contributed by atoms with E-state index in [-0.39, 0.29) is 11.7 Å². The first-order chi connectivity index (χ1) is 17.4. The number of hydrogen-bond donors (Lipinski definition) is 3. The standard InChI is InChI=1S/C27H32FN5O2S/c1-4-33(5-2)14-13-29-16-21-7-6-8-22(15-21)25(34)31-27-24(19(3)18-36-27)26(35)32-30-17-20-9-11-23(28)12-10-20/h6-12,15,17-18,29H,4-5,13-14,16H2,1-3H3,(H,31,34)(H,32,35). The molecule has 3 N–H and O–H groups in total. The molecule has 2 aromatic carbocycles. The fraction of sp³-hybridized carbons (Fsp3) is 0.296. The lowest BCUT2D eigenvalue weighted by Gasteiger charge is -2.18. The Kier molecular flexibility index (Phi) is 10.3. The van der Waals surface area contributed by atoms with Gasteiger partial charge in [0, 0.05) is 25.2 Å². The molecule has 9 heteroatoms. The van der Waals surface area contributed by atoms with Gasteiger partial charge in [-0.1, -0.05) is 38.1 Å². The molecule has 0 aliphatic rings. The van der Waals surface area contributed by atoms with Gasteiger partial charge in [0.25, 0.3) is 11.8 Å². The van der Waals surface area contributed by atoms with Crippen LogP contribution in [0.4, 0.5) is 9.39 Å². The molecular weight excluding hydrogens is 477 g/mol. The summed E-state index contributed by atoms with van der Waals surface area (Å²) in [6, 6.07) is 13.2. The fourth-order valence-corrected chi connectivity index (χ4v) is 4.53. The van der Waals surface area contributed by atoms with Crippen molar-refractivity contribution in [3.8, 4) is 0 Å². The molecule has 0 fully saturated rings. The van der Waals surface area contributed by atoms with E-state index in [0.29, 0.717) is 28.2 Å². The van der Waals surface area contributed by atoms with Crippen LogP contribution in [0.15, 0.2) is 59.0 Å². The number of hydrogen-bond acceptors (Lipinski definition) is 6. The van der Waals surface area contributed by atoms with Gasteiger partial charge in [-0.05, 0) is 66.3 Å². The maximum absolute atomic E-state index is 13.0. The van der Waals surface area contributed by atoms with Crippen LogP contribution in [0.2, 0.25) is 0 Å². The zero-order chi connectivity index (χ0) is 25.9. The number of benzene rings is 2. The number of rotatable bonds is 12. The Bertz CT molecular complexity index is 1190. The van der Waals surface area contributed by atoms with Gasteiger partial charge in [0.15, 0.2) is 0 Å². The van der Waals surface area contributed by atoms with Crippen LogP contribution in [0.1, 0.15) is 51.3 Å². The molecule has 2 amide bonds. The zero-order valence-electron chi connectivity index (χ0n) is 20.8. The predicted molar refractivity (Wildman–Crippen MR) is 144 cm³/mol. The van der Waals surface area contributed by atoms with Gasteiger partial charge in [-0.2, -0.15) is 5.10 Å². The van der Waals surface area contributed by atoms with Crippen molar-refractivity contribution < 1.29 is 14.0 Å². The molecule has 3 rings (SSSR count). The molecule has 0 saturated heterocycles. The molecule has 0 aliphatic heterocycles. The van der Waals surface area contributed by atoms with Crippen molar-refractivity contribution in [2.24, 2.45) is 5.10 Å². The third-order valence-electron chi connectivity index (χ3n) is 5.70. The first-order valence-corrected chi connectivity index (χ1v) is 12.8. The van der Waals surface area contributed by atoms with Gasteiger partial charge < -0.3 is 15.5 Å². The number of thiophene rings is 1. The van der Waals surface area contributed by atoms with Crippen molar-refractivity contribution in [3.63, 3.8) is 0 Å². The minimum atomic E-state index is -0.437. The maximum atomic E-state index is 13.0. The number of anilines is 1. The van der Waals surface area contributed by atoms with E-state index < -0.39 is 5.91 Å². The Morgan fingerprint density at radius 3 is 2.56 bits per heavy atom. The molecule has 0 saturated carbocycles. The highest BCUT2D eigenvalue weighted by atomic mass is 32.1. The van der Waals surface area contributed by atoms with Gasteiger partial charge in [0.1, 0.15) is 10.8 Å². The number of hydrazone groups is 1. The van der Waals surface area contributed by atoms with Crippen LogP contribution in [0.25, 0.3) is 0 Å². The molecule has 190 valence electrons. The Labute approximate surface area is 215 Å². The molecule has 7 nitrogen and oxygen atoms in total. The van der Waals surface area contributed by atoms with Crippen molar-refractivity contribution >= 4 is 34.4 Å². The molecule has 0 radical (unpaired) electrons. The number of aryl methyl sites for hydroxylation is 1. The first-order valence-electron chi connectivity index (χ1n) is 11.9. The van der Waals surface area contributed by atoms with E-state index in [0.717, 1.165) is 37.3 Å². The number of carbonyl (C=O) groups is 2. The average Bonchev–Trinajstić information content (AvgIpc) is 3.25. The van der Waals surface area contributed by atoms with Crippen LogP contribution < -0.4 is 16.1 Å². The van der Waals surface area contributed by atoms with Crippen LogP contribution in [-0.2, 0) is 6.54 Å². The van der Waals surface area contributed by atoms with Gasteiger partial charge in [0.05, 0.1) is 11.8 Å². The highest BCUT2D eigenvalue weighted by Crippen LogP contribution is 2.28. The van der Waals surface area contributed by atoms with E-state index >= 15 is 0 Å². The summed E-state index contributed by atoms with van der Waals surface area (Å²) < 4.78 is 13.0. The lowest BCUT2D eigenvalue weighted by atomic mass is 10.1. The second kappa shape index (κ2) is 13.6. The topological polar surface area (TPSA) is 85.8 Å². The summed E-state index contributed by atoms with van der Waals surface area (Å²) in [6.07, 6.45) is 1.43. The van der Waals surface area contributed by atoms with E-state index in [2.05, 4.69) is 39.9 Å². The highest BCUT2D eigenvalue weighted by molar-refractivity contribution is 7.15. The van der Waals surface area contributed by atoms with Gasteiger partial charge in [-0.25, -0.2) is 9.82 Å². The van der Waals surface area contributed by atoms with Crippen LogP contribution >= 0.6 is 11.3 Å². The SMILES string of the molecule is CCN(CC)CCNCc1cccc(C(=O)Nc2scc(C)c2C(=O)NN=Cc2ccc(F)cc2)c1. The summed E-state index contributed by atoms with van der Waals surface area (Å²) in [5.74, 6) is -1.07. The summed E-state index contributed by atoms with van der Waals surface area (Å²) >= 11 is 1.28. The van der Waals surface area contributed by atoms with Crippen LogP contribution in [0, 0.1) is 12.7 Å². The summed E-state index contributed by atoms with van der Waals surface area (Å²) in [4.78, 5) is 28.1. The van der Waals surface area contributed by atoms with E-state index in [1.54, 1.807) is 25.1 Å². The minimum absolute atomic E-state index is 0.286. The molecule has 36 heavy (non-hydrogen) atoms. The van der Waals surface area contributed by atoms with Crippen molar-refractivity contribution in [2.75, 3.05) is 31.5 Å². The Morgan fingerprint density at radius 2 is 1.83 bits per heavy atom. The van der Waals surface area contributed by atoms with E-state index in [9.17, 15) is 14.0 Å². The van der Waals surface area contributed by atoms with Gasteiger partial charge in [-0.15, -0.1) is 11.3 Å². The average molecular weight is 510 g/mol. The number of nitrogens with one attached hydrogen (secondary N) is 3. The van der Waals surface area contributed by atoms with E-state index in [4.69, 9.17) is 0 Å². The van der Waals surface area contributed by atoms with Crippen molar-refractivity contribution in [1.29, 1.82) is 0 Å². The van der Waals surface area contributed by atoms with Crippen molar-refractivity contribution in [1.82, 2.24) is 15.6 Å². The second-order valence-electron chi connectivity index (χ2n) is 8.23. The molecule has 0 atom stereocenters. The Hall–Kier alpha value is -3.40. The summed E-state index contributed by atoms with van der Waals surface area (Å²) in [7, 11) is 0. The molecule has 0 aliphatic carbocycles. The van der Waals surface area contributed by atoms with Gasteiger partial charge in [0.2, 0.25) is 0 Å². The third-order valence-corrected chi connectivity index (χ3v) is 6.71. The lowest BCUT2D eigenvalue weighted by Crippen LogP contribution is -2.31. The molecule has 0 unspecified atom stereocenters. The van der Waals surface area contributed by atoms with E-state index in [1.165, 1.54) is 29.7 Å². The highest BCUT2D eigenvalue weighted by Gasteiger charge is 2.19. The van der Waals surface area contributed by atoms with Gasteiger partial charge in [-0.3, -0.25) is 9.59 Å². The summed E-state index contributed by atoms with van der Waals surface area (Å²) in [6.45, 7) is 10.7. The lowest BCUT2D eigenvalue weighted by molar-refractivity contribution is 0.0956. The maximum Gasteiger partial charge on any atom is 0.274 e. The van der Waals surface area contributed by atoms with Crippen molar-refractivity contribution in [2.45, 2.75) is 27.3 Å². The number of halogens is 1. The molecule has 0 bridgehead atoms. The van der Waals surface area contributed by atoms with Crippen LogP contribution in [0.5, 0.6) is 0 Å². The largest absolute Gasteiger partial charge is 0.313 e. The molecule has 1 aromatic heterocycles. The van der Waals surface area contributed by atoms with E-state index in [1.807, 2.05) is 23.6 Å². The number of nitrogens with zero attached hydrogens (tertiary/aromatic N) is 2. The Morgan fingerprint density at radius 1 is 1.08 bits per heavy atom. The first kappa shape index (κ1) is 27.2. The van der Waals surface area contributed by atoms with Crippen LogP contribution in [0.3, 0.4) is 0 Å². The normalized spacial score (nSPS) is 11.2. The van der Waals surface area contributed by atoms with Gasteiger partial charge >= 0.3 is 0 Å². The zero-order valence-corrected chi connectivity index (χ0v) is 21.6. The number of amides is 2. The Balaban J connectivity index is 1.60. The van der Waals surface area contributed by atoms with Crippen LogP contribution in [-0.4, -0.2) is 49.1 Å². The second-order valence-corrected chi connectivity index (χ2v) is 9.11. The predicted octanol–water partition coefficient (Wildman–Crippen LogP) is 4.64. The smallest absolute Gasteiger partial charge is 0.274 e. The molecule has 0 spiro atoms. The summed E-state index contributed by atoms with van der Waals surface area (Å²) in [5, 5.41) is 12.5. The monoisotopic (exact) mass is 509 g/mol. The number of carbonyl (C=O) groups excluding carboxylic acids is 2. The molecule has 1 heterocycles. The molecular formula is C27H32FN5O2S. The summed E-state index contributed by atoms with van der Waals surface area (Å²) in [5.41, 5.74) is 5.75. The fourth-order valence-electron chi connectivity index (χ4n) is 3.60. The van der Waals surface area contributed by atoms with Crippen molar-refractivity contribution in [3.05, 3.63) is 87.5 Å². The quantitative estimate of drug-likeness (QED) is 0.189. The molecule has 3 aromatic rings.